The highest BCUT2D eigenvalue weighted by Crippen LogP contribution is 2.16. The molecule has 25 heavy (non-hydrogen) atoms. The monoisotopic (exact) mass is 341 g/mol. The number of hydrogen-bond donors (Lipinski definition) is 1. The maximum atomic E-state index is 13.5. The summed E-state index contributed by atoms with van der Waals surface area (Å²) in [5, 5.41) is 2.72. The van der Waals surface area contributed by atoms with Crippen LogP contribution < -0.4 is 5.32 Å². The van der Waals surface area contributed by atoms with Crippen molar-refractivity contribution in [1.82, 2.24) is 9.38 Å². The van der Waals surface area contributed by atoms with Crippen molar-refractivity contribution in [1.29, 1.82) is 0 Å². The number of amides is 1. The Kier molecular flexibility index (Phi) is 4.47. The predicted octanol–water partition coefficient (Wildman–Crippen LogP) is 3.21. The quantitative estimate of drug-likeness (QED) is 0.740. The summed E-state index contributed by atoms with van der Waals surface area (Å²) in [6.07, 6.45) is 1.22. The van der Waals surface area contributed by atoms with E-state index in [4.69, 9.17) is 4.74 Å². The minimum absolute atomic E-state index is 0.254. The van der Waals surface area contributed by atoms with Gasteiger partial charge in [-0.1, -0.05) is 0 Å². The minimum Gasteiger partial charge on any atom is -0.462 e. The molecule has 0 aliphatic heterocycles. The van der Waals surface area contributed by atoms with Crippen molar-refractivity contribution in [3.63, 3.8) is 0 Å². The zero-order chi connectivity index (χ0) is 18.0. The molecule has 1 aromatic carbocycles. The van der Waals surface area contributed by atoms with Gasteiger partial charge in [0.1, 0.15) is 17.2 Å². The second-order valence-corrected chi connectivity index (χ2v) is 5.37. The maximum Gasteiger partial charge on any atom is 0.338 e. The number of fused-ring (bicyclic) bond motifs is 1. The lowest BCUT2D eigenvalue weighted by atomic mass is 10.2. The largest absolute Gasteiger partial charge is 0.462 e. The fourth-order valence-electron chi connectivity index (χ4n) is 2.50. The summed E-state index contributed by atoms with van der Waals surface area (Å²) in [5.41, 5.74) is 2.13. The predicted molar refractivity (Wildman–Crippen MR) is 90.2 cm³/mol. The fourth-order valence-corrected chi connectivity index (χ4v) is 2.50. The van der Waals surface area contributed by atoms with Crippen LogP contribution in [0.4, 0.5) is 10.1 Å². The van der Waals surface area contributed by atoms with E-state index < -0.39 is 17.7 Å². The number of anilines is 1. The lowest BCUT2D eigenvalue weighted by molar-refractivity contribution is 0.0526. The number of benzene rings is 1. The molecule has 0 aliphatic carbocycles. The molecule has 0 bridgehead atoms. The Morgan fingerprint density at radius 2 is 1.92 bits per heavy atom. The van der Waals surface area contributed by atoms with Crippen LogP contribution in [0, 0.1) is 12.7 Å². The van der Waals surface area contributed by atoms with Crippen molar-refractivity contribution in [3.05, 3.63) is 65.4 Å². The van der Waals surface area contributed by atoms with E-state index in [0.29, 0.717) is 29.2 Å². The Morgan fingerprint density at radius 3 is 2.60 bits per heavy atom. The summed E-state index contributed by atoms with van der Waals surface area (Å²) in [6, 6.07) is 9.13. The van der Waals surface area contributed by atoms with Gasteiger partial charge in [-0.05, 0) is 50.2 Å². The van der Waals surface area contributed by atoms with Crippen LogP contribution in [0.25, 0.3) is 5.65 Å². The number of nitrogens with zero attached hydrogens (tertiary/aromatic N) is 2. The van der Waals surface area contributed by atoms with Crippen LogP contribution >= 0.6 is 0 Å². The first kappa shape index (κ1) is 16.6. The number of hydrogen-bond acceptors (Lipinski definition) is 4. The first-order valence-corrected chi connectivity index (χ1v) is 7.72. The zero-order valence-corrected chi connectivity index (χ0v) is 13.7. The van der Waals surface area contributed by atoms with Gasteiger partial charge < -0.3 is 10.1 Å². The molecule has 1 amide bonds. The van der Waals surface area contributed by atoms with Gasteiger partial charge >= 0.3 is 5.97 Å². The number of nitrogens with one attached hydrogen (secondary N) is 1. The Bertz CT molecular complexity index is 948. The third-order valence-corrected chi connectivity index (χ3v) is 3.63. The van der Waals surface area contributed by atoms with Gasteiger partial charge in [0.25, 0.3) is 5.91 Å². The van der Waals surface area contributed by atoms with Crippen LogP contribution in [0.15, 0.2) is 42.6 Å². The summed E-state index contributed by atoms with van der Waals surface area (Å²) in [7, 11) is 0. The molecule has 3 aromatic rings. The van der Waals surface area contributed by atoms with Gasteiger partial charge in [-0.3, -0.25) is 9.20 Å². The van der Waals surface area contributed by atoms with Gasteiger partial charge in [-0.15, -0.1) is 0 Å². The second kappa shape index (κ2) is 6.72. The molecule has 0 saturated heterocycles. The van der Waals surface area contributed by atoms with Gasteiger partial charge in [-0.2, -0.15) is 0 Å². The average molecular weight is 341 g/mol. The highest BCUT2D eigenvalue weighted by molar-refractivity contribution is 6.04. The number of imidazole rings is 1. The fraction of sp³-hybridized carbons (Fsp3) is 0.167. The van der Waals surface area contributed by atoms with Gasteiger partial charge in [0.2, 0.25) is 0 Å². The standard InChI is InChI=1S/C18H16FN3O3/c1-3-25-18(24)12-4-7-14(8-5-12)21-17(23)16-11(2)20-15-9-6-13(19)10-22(15)16/h4-10H,3H2,1-2H3,(H,21,23). The van der Waals surface area contributed by atoms with Crippen LogP contribution in [-0.4, -0.2) is 27.9 Å². The number of carbonyl (C=O) groups excluding carboxylic acids is 2. The van der Waals surface area contributed by atoms with Crippen LogP contribution in [0.2, 0.25) is 0 Å². The molecule has 0 fully saturated rings. The lowest BCUT2D eigenvalue weighted by Gasteiger charge is -2.07. The third-order valence-electron chi connectivity index (χ3n) is 3.63. The number of halogens is 1. The molecule has 0 saturated carbocycles. The normalized spacial score (nSPS) is 10.7. The van der Waals surface area contributed by atoms with Crippen LogP contribution in [-0.2, 0) is 4.74 Å². The van der Waals surface area contributed by atoms with Crippen LogP contribution in [0.3, 0.4) is 0 Å². The van der Waals surface area contributed by atoms with E-state index in [1.54, 1.807) is 38.1 Å². The third kappa shape index (κ3) is 3.35. The molecular formula is C18H16FN3O3. The minimum atomic E-state index is -0.460. The van der Waals surface area contributed by atoms with E-state index >= 15 is 0 Å². The van der Waals surface area contributed by atoms with Crippen molar-refractivity contribution in [2.45, 2.75) is 13.8 Å². The number of aromatic nitrogens is 2. The smallest absolute Gasteiger partial charge is 0.338 e. The molecule has 1 N–H and O–H groups in total. The molecule has 6 nitrogen and oxygen atoms in total. The molecule has 0 unspecified atom stereocenters. The summed E-state index contributed by atoms with van der Waals surface area (Å²) >= 11 is 0. The lowest BCUT2D eigenvalue weighted by Crippen LogP contribution is -2.16. The number of aryl methyl sites for hydroxylation is 1. The van der Waals surface area contributed by atoms with Gasteiger partial charge in [-0.25, -0.2) is 14.2 Å². The molecule has 7 heteroatoms. The van der Waals surface area contributed by atoms with E-state index in [0.717, 1.165) is 0 Å². The highest BCUT2D eigenvalue weighted by atomic mass is 19.1. The van der Waals surface area contributed by atoms with Crippen molar-refractivity contribution in [2.75, 3.05) is 11.9 Å². The maximum absolute atomic E-state index is 13.5. The van der Waals surface area contributed by atoms with Crippen LogP contribution in [0.1, 0.15) is 33.5 Å². The summed E-state index contributed by atoms with van der Waals surface area (Å²) in [6.45, 7) is 3.71. The molecule has 128 valence electrons. The molecule has 2 aromatic heterocycles. The Hall–Kier alpha value is -3.22. The van der Waals surface area contributed by atoms with Gasteiger partial charge in [0, 0.05) is 11.9 Å². The van der Waals surface area contributed by atoms with Crippen molar-refractivity contribution in [3.8, 4) is 0 Å². The first-order valence-electron chi connectivity index (χ1n) is 7.72. The number of rotatable bonds is 4. The summed E-state index contributed by atoms with van der Waals surface area (Å²) < 4.78 is 19.8. The molecule has 0 radical (unpaired) electrons. The Labute approximate surface area is 143 Å². The molecule has 0 atom stereocenters. The zero-order valence-electron chi connectivity index (χ0n) is 13.7. The van der Waals surface area contributed by atoms with E-state index in [2.05, 4.69) is 10.3 Å². The van der Waals surface area contributed by atoms with Gasteiger partial charge in [0.15, 0.2) is 0 Å². The SMILES string of the molecule is CCOC(=O)c1ccc(NC(=O)c2c(C)nc3ccc(F)cn23)cc1. The molecule has 0 aliphatic rings. The summed E-state index contributed by atoms with van der Waals surface area (Å²) in [5.74, 6) is -1.30. The second-order valence-electron chi connectivity index (χ2n) is 5.37. The number of pyridine rings is 1. The number of esters is 1. The molecule has 2 heterocycles. The van der Waals surface area contributed by atoms with Crippen LogP contribution in [0.5, 0.6) is 0 Å². The Morgan fingerprint density at radius 1 is 1.20 bits per heavy atom. The van der Waals surface area contributed by atoms with Gasteiger partial charge in [0.05, 0.1) is 17.9 Å². The molecule has 3 rings (SSSR count). The molecular weight excluding hydrogens is 325 g/mol. The van der Waals surface area contributed by atoms with E-state index in [1.807, 2.05) is 0 Å². The van der Waals surface area contributed by atoms with Crippen molar-refractivity contribution < 1.29 is 18.7 Å². The molecule has 0 spiro atoms. The van der Waals surface area contributed by atoms with Crippen molar-refractivity contribution in [2.24, 2.45) is 0 Å². The van der Waals surface area contributed by atoms with E-state index in [9.17, 15) is 14.0 Å². The highest BCUT2D eigenvalue weighted by Gasteiger charge is 2.17. The Balaban J connectivity index is 1.84. The number of carbonyl (C=O) groups is 2. The summed E-state index contributed by atoms with van der Waals surface area (Å²) in [4.78, 5) is 28.4. The average Bonchev–Trinajstić information content (AvgIpc) is 2.90. The van der Waals surface area contributed by atoms with E-state index in [1.165, 1.54) is 22.7 Å². The first-order chi connectivity index (χ1) is 12.0. The number of ether oxygens (including phenoxy) is 1. The van der Waals surface area contributed by atoms with E-state index in [-0.39, 0.29) is 5.69 Å². The van der Waals surface area contributed by atoms with Crippen molar-refractivity contribution >= 4 is 23.2 Å². The topological polar surface area (TPSA) is 72.7 Å².